The molecule has 1 aromatic carbocycles. The summed E-state index contributed by atoms with van der Waals surface area (Å²) in [5, 5.41) is 3.51. The summed E-state index contributed by atoms with van der Waals surface area (Å²) in [6, 6.07) is 9.51. The summed E-state index contributed by atoms with van der Waals surface area (Å²) in [5.41, 5.74) is 2.58. The standard InChI is InChI=1S/C21H33N5.HI/c1-4-25-15-7-8-20(25)17-24(3)21(22-2)23-16-18-9-11-19(12-10-18)26-13-5-6-14-26;/h5-6,9-12,20H,4,7-8,13-17H2,1-3H3,(H,22,23);1H. The van der Waals surface area contributed by atoms with E-state index in [2.05, 4.69) is 75.4 Å². The first kappa shape index (κ1) is 22.0. The monoisotopic (exact) mass is 483 g/mol. The molecule has 2 heterocycles. The molecule has 1 aromatic rings. The highest BCUT2D eigenvalue weighted by Gasteiger charge is 2.24. The van der Waals surface area contributed by atoms with Crippen molar-refractivity contribution in [3.8, 4) is 0 Å². The minimum absolute atomic E-state index is 0. The number of likely N-dealkylation sites (tertiary alicyclic amines) is 1. The van der Waals surface area contributed by atoms with Crippen LogP contribution in [0.25, 0.3) is 0 Å². The molecule has 1 unspecified atom stereocenters. The molecule has 2 aliphatic rings. The van der Waals surface area contributed by atoms with E-state index in [-0.39, 0.29) is 24.0 Å². The smallest absolute Gasteiger partial charge is 0.193 e. The first-order valence-electron chi connectivity index (χ1n) is 9.86. The average molecular weight is 483 g/mol. The van der Waals surface area contributed by atoms with Gasteiger partial charge in [-0.15, -0.1) is 24.0 Å². The highest BCUT2D eigenvalue weighted by atomic mass is 127. The third-order valence-electron chi connectivity index (χ3n) is 5.53. The zero-order valence-electron chi connectivity index (χ0n) is 16.9. The van der Waals surface area contributed by atoms with Crippen molar-refractivity contribution in [1.29, 1.82) is 0 Å². The number of nitrogens with zero attached hydrogens (tertiary/aromatic N) is 4. The van der Waals surface area contributed by atoms with Gasteiger partial charge >= 0.3 is 0 Å². The van der Waals surface area contributed by atoms with Crippen LogP contribution in [0.2, 0.25) is 0 Å². The van der Waals surface area contributed by atoms with Gasteiger partial charge in [-0.05, 0) is 43.6 Å². The number of rotatable bonds is 6. The van der Waals surface area contributed by atoms with Crippen molar-refractivity contribution in [2.24, 2.45) is 4.99 Å². The largest absolute Gasteiger partial charge is 0.364 e. The van der Waals surface area contributed by atoms with E-state index < -0.39 is 0 Å². The Morgan fingerprint density at radius 3 is 2.56 bits per heavy atom. The van der Waals surface area contributed by atoms with Crippen molar-refractivity contribution >= 4 is 35.6 Å². The van der Waals surface area contributed by atoms with Crippen LogP contribution in [0.5, 0.6) is 0 Å². The minimum atomic E-state index is 0. The molecule has 0 amide bonds. The molecule has 1 fully saturated rings. The van der Waals surface area contributed by atoms with Crippen molar-refractivity contribution < 1.29 is 0 Å². The van der Waals surface area contributed by atoms with Crippen LogP contribution in [0.15, 0.2) is 41.4 Å². The first-order valence-corrected chi connectivity index (χ1v) is 9.86. The normalized spacial score (nSPS) is 20.0. The van der Waals surface area contributed by atoms with Gasteiger partial charge in [0.2, 0.25) is 0 Å². The van der Waals surface area contributed by atoms with Crippen molar-refractivity contribution in [2.75, 3.05) is 51.7 Å². The molecule has 3 rings (SSSR count). The molecule has 2 aliphatic heterocycles. The fraction of sp³-hybridized carbons (Fsp3) is 0.571. The maximum atomic E-state index is 4.47. The number of halogens is 1. The predicted molar refractivity (Wildman–Crippen MR) is 126 cm³/mol. The number of hydrogen-bond acceptors (Lipinski definition) is 3. The topological polar surface area (TPSA) is 34.1 Å². The maximum Gasteiger partial charge on any atom is 0.193 e. The number of guanidine groups is 1. The second kappa shape index (κ2) is 10.9. The number of anilines is 1. The van der Waals surface area contributed by atoms with Crippen LogP contribution < -0.4 is 10.2 Å². The predicted octanol–water partition coefficient (Wildman–Crippen LogP) is 3.17. The Hall–Kier alpha value is -1.28. The van der Waals surface area contributed by atoms with Crippen LogP contribution in [0.1, 0.15) is 25.3 Å². The van der Waals surface area contributed by atoms with E-state index in [1.165, 1.54) is 30.6 Å². The van der Waals surface area contributed by atoms with Gasteiger partial charge in [0, 0.05) is 52.0 Å². The van der Waals surface area contributed by atoms with Gasteiger partial charge in [-0.3, -0.25) is 9.89 Å². The number of aliphatic imine (C=N–C) groups is 1. The van der Waals surface area contributed by atoms with Crippen LogP contribution in [0.4, 0.5) is 5.69 Å². The fourth-order valence-corrected chi connectivity index (χ4v) is 4.00. The van der Waals surface area contributed by atoms with Gasteiger partial charge in [-0.1, -0.05) is 31.2 Å². The van der Waals surface area contributed by atoms with Gasteiger partial charge in [-0.2, -0.15) is 0 Å². The van der Waals surface area contributed by atoms with Crippen LogP contribution in [0, 0.1) is 0 Å². The molecule has 0 spiro atoms. The van der Waals surface area contributed by atoms with Gasteiger partial charge in [0.25, 0.3) is 0 Å². The van der Waals surface area contributed by atoms with Crippen molar-refractivity contribution in [3.05, 3.63) is 42.0 Å². The molecule has 1 atom stereocenters. The molecule has 1 saturated heterocycles. The SMILES string of the molecule is CCN1CCCC1CN(C)C(=NC)NCc1ccc(N2CC=CC2)cc1.I. The molecule has 6 heteroatoms. The van der Waals surface area contributed by atoms with E-state index in [9.17, 15) is 0 Å². The average Bonchev–Trinajstić information content (AvgIpc) is 3.34. The van der Waals surface area contributed by atoms with E-state index in [1.54, 1.807) is 0 Å². The lowest BCUT2D eigenvalue weighted by Gasteiger charge is -2.29. The Morgan fingerprint density at radius 1 is 1.22 bits per heavy atom. The van der Waals surface area contributed by atoms with E-state index in [0.717, 1.165) is 38.7 Å². The Labute approximate surface area is 181 Å². The van der Waals surface area contributed by atoms with Crippen molar-refractivity contribution in [2.45, 2.75) is 32.4 Å². The summed E-state index contributed by atoms with van der Waals surface area (Å²) in [6.07, 6.45) is 7.05. The summed E-state index contributed by atoms with van der Waals surface area (Å²) < 4.78 is 0. The molecule has 0 radical (unpaired) electrons. The summed E-state index contributed by atoms with van der Waals surface area (Å²) in [6.45, 7) is 8.51. The Kier molecular flexibility index (Phi) is 8.89. The fourth-order valence-electron chi connectivity index (χ4n) is 4.00. The molecule has 0 aromatic heterocycles. The number of benzene rings is 1. The van der Waals surface area contributed by atoms with Gasteiger partial charge in [-0.25, -0.2) is 0 Å². The first-order chi connectivity index (χ1) is 12.7. The Balaban J connectivity index is 0.00000261. The summed E-state index contributed by atoms with van der Waals surface area (Å²) in [5.74, 6) is 0.973. The number of nitrogens with one attached hydrogen (secondary N) is 1. The van der Waals surface area contributed by atoms with Crippen molar-refractivity contribution in [1.82, 2.24) is 15.1 Å². The summed E-state index contributed by atoms with van der Waals surface area (Å²) in [7, 11) is 4.01. The van der Waals surface area contributed by atoms with Gasteiger partial charge in [0.1, 0.15) is 0 Å². The van der Waals surface area contributed by atoms with Crippen molar-refractivity contribution in [3.63, 3.8) is 0 Å². The lowest BCUT2D eigenvalue weighted by atomic mass is 10.2. The molecule has 27 heavy (non-hydrogen) atoms. The van der Waals surface area contributed by atoms with E-state index >= 15 is 0 Å². The minimum Gasteiger partial charge on any atom is -0.364 e. The Morgan fingerprint density at radius 2 is 1.93 bits per heavy atom. The zero-order chi connectivity index (χ0) is 18.4. The molecule has 150 valence electrons. The molecular formula is C21H34IN5. The van der Waals surface area contributed by atoms with Gasteiger partial charge in [0.05, 0.1) is 0 Å². The van der Waals surface area contributed by atoms with E-state index in [4.69, 9.17) is 0 Å². The highest BCUT2D eigenvalue weighted by Crippen LogP contribution is 2.18. The third-order valence-corrected chi connectivity index (χ3v) is 5.53. The maximum absolute atomic E-state index is 4.47. The molecule has 5 nitrogen and oxygen atoms in total. The number of hydrogen-bond donors (Lipinski definition) is 1. The lowest BCUT2D eigenvalue weighted by molar-refractivity contribution is 0.232. The summed E-state index contributed by atoms with van der Waals surface area (Å²) >= 11 is 0. The molecule has 0 aliphatic carbocycles. The second-order valence-electron chi connectivity index (χ2n) is 7.25. The van der Waals surface area contributed by atoms with Gasteiger partial charge < -0.3 is 15.1 Å². The highest BCUT2D eigenvalue weighted by molar-refractivity contribution is 14.0. The molecule has 1 N–H and O–H groups in total. The number of likely N-dealkylation sites (N-methyl/N-ethyl adjacent to an activating group) is 2. The van der Waals surface area contributed by atoms with Crippen LogP contribution in [0.3, 0.4) is 0 Å². The second-order valence-corrected chi connectivity index (χ2v) is 7.25. The summed E-state index contributed by atoms with van der Waals surface area (Å²) in [4.78, 5) is 11.7. The van der Waals surface area contributed by atoms with E-state index in [0.29, 0.717) is 6.04 Å². The van der Waals surface area contributed by atoms with Gasteiger partial charge in [0.15, 0.2) is 5.96 Å². The van der Waals surface area contributed by atoms with Crippen LogP contribution >= 0.6 is 24.0 Å². The zero-order valence-corrected chi connectivity index (χ0v) is 19.2. The van der Waals surface area contributed by atoms with Crippen LogP contribution in [-0.4, -0.2) is 68.6 Å². The van der Waals surface area contributed by atoms with Crippen LogP contribution in [-0.2, 0) is 6.54 Å². The quantitative estimate of drug-likeness (QED) is 0.292. The third kappa shape index (κ3) is 5.85. The van der Waals surface area contributed by atoms with E-state index in [1.807, 2.05) is 7.05 Å². The molecular weight excluding hydrogens is 449 g/mol. The molecule has 0 saturated carbocycles. The lowest BCUT2D eigenvalue weighted by Crippen LogP contribution is -2.45. The molecule has 0 bridgehead atoms. The Bertz CT molecular complexity index is 620.